The number of hydrogen-bond donors (Lipinski definition) is 0. The minimum Gasteiger partial charge on any atom is -0.309 e. The van der Waals surface area contributed by atoms with Crippen molar-refractivity contribution in [1.82, 2.24) is 4.57 Å². The van der Waals surface area contributed by atoms with Crippen LogP contribution in [0.15, 0.2) is 164 Å². The molecule has 0 saturated carbocycles. The zero-order chi connectivity index (χ0) is 29.5. The van der Waals surface area contributed by atoms with Crippen molar-refractivity contribution < 1.29 is 0 Å². The van der Waals surface area contributed by atoms with Crippen molar-refractivity contribution in [3.8, 4) is 50.2 Å². The van der Waals surface area contributed by atoms with E-state index in [1.165, 1.54) is 93.5 Å². The molecule has 0 spiro atoms. The van der Waals surface area contributed by atoms with Crippen LogP contribution in [0.25, 0.3) is 93.5 Å². The second-order valence-corrected chi connectivity index (χ2v) is 12.0. The monoisotopic (exact) mass is 569 g/mol. The highest BCUT2D eigenvalue weighted by Crippen LogP contribution is 2.50. The van der Waals surface area contributed by atoms with Crippen molar-refractivity contribution in [3.63, 3.8) is 0 Å². The number of benzene rings is 8. The standard InChI is InChI=1S/C44H27N/c1-2-12-28(13-3-1)45-41-22-9-8-18-40(41)44-38(21-11-23-42(44)45)34-25-24-33(29-14-4-5-15-30(29)34)35-26-27-39-32-17-7-6-16-31(32)36-19-10-20-37(35)43(36)39/h1-27H. The lowest BCUT2D eigenvalue weighted by Crippen LogP contribution is -1.93. The van der Waals surface area contributed by atoms with Crippen molar-refractivity contribution in [1.29, 1.82) is 0 Å². The fourth-order valence-corrected chi connectivity index (χ4v) is 7.91. The van der Waals surface area contributed by atoms with E-state index in [0.717, 1.165) is 0 Å². The van der Waals surface area contributed by atoms with Crippen LogP contribution in [0.5, 0.6) is 0 Å². The summed E-state index contributed by atoms with van der Waals surface area (Å²) in [4.78, 5) is 0. The van der Waals surface area contributed by atoms with Crippen LogP contribution in [-0.4, -0.2) is 4.57 Å². The summed E-state index contributed by atoms with van der Waals surface area (Å²) in [7, 11) is 0. The number of fused-ring (bicyclic) bond motifs is 7. The first-order valence-corrected chi connectivity index (χ1v) is 15.6. The van der Waals surface area contributed by atoms with Gasteiger partial charge in [-0.15, -0.1) is 0 Å². The smallest absolute Gasteiger partial charge is 0.0547 e. The molecule has 1 nitrogen and oxygen atoms in total. The molecule has 1 aromatic heterocycles. The summed E-state index contributed by atoms with van der Waals surface area (Å²) in [5.41, 5.74) is 14.0. The first-order chi connectivity index (χ1) is 22.4. The molecule has 0 amide bonds. The molecule has 0 bridgehead atoms. The molecule has 10 rings (SSSR count). The van der Waals surface area contributed by atoms with Crippen molar-refractivity contribution in [2.24, 2.45) is 0 Å². The highest BCUT2D eigenvalue weighted by molar-refractivity contribution is 6.22. The minimum atomic E-state index is 1.18. The molecule has 1 aliphatic carbocycles. The van der Waals surface area contributed by atoms with Gasteiger partial charge in [0.2, 0.25) is 0 Å². The molecule has 0 unspecified atom stereocenters. The number of hydrogen-bond acceptors (Lipinski definition) is 0. The van der Waals surface area contributed by atoms with Crippen LogP contribution < -0.4 is 0 Å². The SMILES string of the molecule is c1ccc(-n2c3ccccc3c3c(-c4ccc(-c5ccc6c7c(cccc57)-c5ccccc5-6)c5ccccc45)cccc32)cc1. The summed E-state index contributed by atoms with van der Waals surface area (Å²) in [6.45, 7) is 0. The topological polar surface area (TPSA) is 4.93 Å². The largest absolute Gasteiger partial charge is 0.309 e. The highest BCUT2D eigenvalue weighted by atomic mass is 15.0. The van der Waals surface area contributed by atoms with E-state index in [-0.39, 0.29) is 0 Å². The fourth-order valence-electron chi connectivity index (χ4n) is 7.91. The maximum absolute atomic E-state index is 2.40. The average Bonchev–Trinajstić information content (AvgIpc) is 3.63. The van der Waals surface area contributed by atoms with Gasteiger partial charge in [0.1, 0.15) is 0 Å². The van der Waals surface area contributed by atoms with Gasteiger partial charge in [-0.25, -0.2) is 0 Å². The van der Waals surface area contributed by atoms with E-state index < -0.39 is 0 Å². The first kappa shape index (κ1) is 24.5. The molecule has 0 fully saturated rings. The van der Waals surface area contributed by atoms with Gasteiger partial charge in [-0.2, -0.15) is 0 Å². The third-order valence-electron chi connectivity index (χ3n) is 9.76. The van der Waals surface area contributed by atoms with E-state index in [1.807, 2.05) is 0 Å². The molecule has 0 atom stereocenters. The van der Waals surface area contributed by atoms with Gasteiger partial charge in [-0.1, -0.05) is 140 Å². The van der Waals surface area contributed by atoms with Gasteiger partial charge in [0, 0.05) is 16.5 Å². The Labute approximate surface area is 261 Å². The molecular formula is C44H27N. The van der Waals surface area contributed by atoms with Crippen LogP contribution in [0.4, 0.5) is 0 Å². The highest BCUT2D eigenvalue weighted by Gasteiger charge is 2.23. The lowest BCUT2D eigenvalue weighted by molar-refractivity contribution is 1.18. The maximum Gasteiger partial charge on any atom is 0.0547 e. The van der Waals surface area contributed by atoms with Crippen LogP contribution in [0.1, 0.15) is 0 Å². The Hall–Kier alpha value is -5.92. The maximum atomic E-state index is 2.40. The molecular weight excluding hydrogens is 542 g/mol. The molecule has 1 heterocycles. The average molecular weight is 570 g/mol. The predicted octanol–water partition coefficient (Wildman–Crippen LogP) is 12.1. The lowest BCUT2D eigenvalue weighted by Gasteiger charge is -2.16. The van der Waals surface area contributed by atoms with E-state index in [4.69, 9.17) is 0 Å². The van der Waals surface area contributed by atoms with E-state index >= 15 is 0 Å². The Morgan fingerprint density at radius 2 is 0.689 bits per heavy atom. The third-order valence-corrected chi connectivity index (χ3v) is 9.76. The van der Waals surface area contributed by atoms with Gasteiger partial charge < -0.3 is 4.57 Å². The Morgan fingerprint density at radius 1 is 0.244 bits per heavy atom. The normalized spacial score (nSPS) is 12.0. The van der Waals surface area contributed by atoms with Gasteiger partial charge >= 0.3 is 0 Å². The zero-order valence-electron chi connectivity index (χ0n) is 24.5. The first-order valence-electron chi connectivity index (χ1n) is 15.6. The van der Waals surface area contributed by atoms with E-state index in [1.54, 1.807) is 0 Å². The predicted molar refractivity (Wildman–Crippen MR) is 191 cm³/mol. The fraction of sp³-hybridized carbons (Fsp3) is 0. The Morgan fingerprint density at radius 3 is 1.42 bits per heavy atom. The van der Waals surface area contributed by atoms with Crippen molar-refractivity contribution in [3.05, 3.63) is 164 Å². The summed E-state index contributed by atoms with van der Waals surface area (Å²) in [6, 6.07) is 60.1. The second kappa shape index (κ2) is 9.29. The second-order valence-electron chi connectivity index (χ2n) is 12.0. The van der Waals surface area contributed by atoms with Gasteiger partial charge in [0.15, 0.2) is 0 Å². The van der Waals surface area contributed by atoms with Gasteiger partial charge in [-0.05, 0) is 90.3 Å². The summed E-state index contributed by atoms with van der Waals surface area (Å²) in [6.07, 6.45) is 0. The van der Waals surface area contributed by atoms with Gasteiger partial charge in [-0.3, -0.25) is 0 Å². The van der Waals surface area contributed by atoms with E-state index in [9.17, 15) is 0 Å². The van der Waals surface area contributed by atoms with Crippen molar-refractivity contribution >= 4 is 43.4 Å². The number of aromatic nitrogens is 1. The minimum absolute atomic E-state index is 1.18. The Balaban J connectivity index is 1.24. The van der Waals surface area contributed by atoms with Gasteiger partial charge in [0.25, 0.3) is 0 Å². The molecule has 0 aliphatic heterocycles. The van der Waals surface area contributed by atoms with Gasteiger partial charge in [0.05, 0.1) is 11.0 Å². The Kier molecular flexibility index (Phi) is 5.06. The van der Waals surface area contributed by atoms with Crippen LogP contribution in [-0.2, 0) is 0 Å². The molecule has 1 aliphatic rings. The van der Waals surface area contributed by atoms with E-state index in [2.05, 4.69) is 168 Å². The number of nitrogens with zero attached hydrogens (tertiary/aromatic N) is 1. The summed E-state index contributed by atoms with van der Waals surface area (Å²) in [5.74, 6) is 0. The molecule has 0 N–H and O–H groups in total. The molecule has 45 heavy (non-hydrogen) atoms. The number of rotatable bonds is 3. The molecule has 0 radical (unpaired) electrons. The van der Waals surface area contributed by atoms with E-state index in [0.29, 0.717) is 0 Å². The van der Waals surface area contributed by atoms with Crippen LogP contribution in [0.3, 0.4) is 0 Å². The molecule has 208 valence electrons. The summed E-state index contributed by atoms with van der Waals surface area (Å²) >= 11 is 0. The molecule has 9 aromatic rings. The number of para-hydroxylation sites is 2. The molecule has 1 heteroatoms. The summed E-state index contributed by atoms with van der Waals surface area (Å²) in [5, 5.41) is 7.78. The van der Waals surface area contributed by atoms with Crippen LogP contribution in [0.2, 0.25) is 0 Å². The van der Waals surface area contributed by atoms with Crippen LogP contribution in [0, 0.1) is 0 Å². The van der Waals surface area contributed by atoms with Crippen LogP contribution >= 0.6 is 0 Å². The molecule has 0 saturated heterocycles. The zero-order valence-corrected chi connectivity index (χ0v) is 24.5. The van der Waals surface area contributed by atoms with Crippen molar-refractivity contribution in [2.75, 3.05) is 0 Å². The molecule has 8 aromatic carbocycles. The lowest BCUT2D eigenvalue weighted by atomic mass is 9.88. The quantitative estimate of drug-likeness (QED) is 0.199. The third kappa shape index (κ3) is 3.38. The summed E-state index contributed by atoms with van der Waals surface area (Å²) < 4.78 is 2.40. The van der Waals surface area contributed by atoms with Crippen molar-refractivity contribution in [2.45, 2.75) is 0 Å². The Bertz CT molecular complexity index is 2610.